The van der Waals surface area contributed by atoms with E-state index in [0.717, 1.165) is 16.8 Å². The van der Waals surface area contributed by atoms with Crippen LogP contribution in [0.2, 0.25) is 0 Å². The number of aliphatic imine (C=N–C) groups is 1. The fraction of sp³-hybridized carbons (Fsp3) is 0.238. The van der Waals surface area contributed by atoms with E-state index in [1.165, 1.54) is 0 Å². The Balaban J connectivity index is 0.00000320. The van der Waals surface area contributed by atoms with Gasteiger partial charge in [-0.25, -0.2) is 4.68 Å². The Morgan fingerprint density at radius 2 is 1.83 bits per heavy atom. The summed E-state index contributed by atoms with van der Waals surface area (Å²) in [6, 6.07) is 14.9. The summed E-state index contributed by atoms with van der Waals surface area (Å²) < 4.78 is 31.7. The van der Waals surface area contributed by atoms with Crippen LogP contribution in [0.5, 0.6) is 5.75 Å². The first-order chi connectivity index (χ1) is 14.1. The lowest BCUT2D eigenvalue weighted by atomic mass is 10.1. The largest absolute Gasteiger partial charge is 0.434 e. The lowest BCUT2D eigenvalue weighted by molar-refractivity contribution is -0.0504. The van der Waals surface area contributed by atoms with Crippen molar-refractivity contribution < 1.29 is 13.5 Å². The molecule has 1 aromatic heterocycles. The average molecular weight is 527 g/mol. The van der Waals surface area contributed by atoms with E-state index in [2.05, 4.69) is 25.5 Å². The number of hydrogen-bond acceptors (Lipinski definition) is 3. The van der Waals surface area contributed by atoms with Crippen molar-refractivity contribution in [2.75, 3.05) is 7.05 Å². The normalized spacial score (nSPS) is 11.2. The van der Waals surface area contributed by atoms with E-state index in [1.807, 2.05) is 49.5 Å². The van der Waals surface area contributed by atoms with Gasteiger partial charge in [0.05, 0.1) is 5.69 Å². The van der Waals surface area contributed by atoms with E-state index in [4.69, 9.17) is 0 Å². The van der Waals surface area contributed by atoms with E-state index in [-0.39, 0.29) is 29.7 Å². The SMILES string of the molecule is CN=C(NCc1cc(C)ccc1OC(F)F)NCc1ccccc1-n1cccn1.I. The molecule has 0 atom stereocenters. The zero-order valence-electron chi connectivity index (χ0n) is 16.7. The molecule has 2 N–H and O–H groups in total. The van der Waals surface area contributed by atoms with Crippen molar-refractivity contribution >= 4 is 29.9 Å². The minimum absolute atomic E-state index is 0. The highest BCUT2D eigenvalue weighted by Gasteiger charge is 2.11. The minimum atomic E-state index is -2.87. The van der Waals surface area contributed by atoms with Gasteiger partial charge >= 0.3 is 6.61 Å². The van der Waals surface area contributed by atoms with Gasteiger partial charge in [0.1, 0.15) is 5.75 Å². The molecule has 0 radical (unpaired) electrons. The number of hydrogen-bond donors (Lipinski definition) is 2. The molecule has 9 heteroatoms. The fourth-order valence-electron chi connectivity index (χ4n) is 2.93. The molecule has 3 rings (SSSR count). The van der Waals surface area contributed by atoms with Crippen molar-refractivity contribution in [2.45, 2.75) is 26.6 Å². The Bertz CT molecular complexity index is 964. The fourth-order valence-corrected chi connectivity index (χ4v) is 2.93. The van der Waals surface area contributed by atoms with E-state index in [1.54, 1.807) is 30.1 Å². The second-order valence-electron chi connectivity index (χ2n) is 6.35. The number of nitrogens with one attached hydrogen (secondary N) is 2. The number of guanidine groups is 1. The van der Waals surface area contributed by atoms with E-state index >= 15 is 0 Å². The molecule has 30 heavy (non-hydrogen) atoms. The Labute approximate surface area is 191 Å². The monoisotopic (exact) mass is 527 g/mol. The molecular weight excluding hydrogens is 503 g/mol. The van der Waals surface area contributed by atoms with Crippen LogP contribution in [0.15, 0.2) is 65.9 Å². The summed E-state index contributed by atoms with van der Waals surface area (Å²) in [6.45, 7) is -0.157. The molecule has 0 aliphatic heterocycles. The molecule has 160 valence electrons. The quantitative estimate of drug-likeness (QED) is 0.274. The first kappa shape index (κ1) is 23.6. The van der Waals surface area contributed by atoms with Gasteiger partial charge in [-0.1, -0.05) is 35.9 Å². The number of para-hydroxylation sites is 1. The summed E-state index contributed by atoms with van der Waals surface area (Å²) in [4.78, 5) is 4.21. The number of ether oxygens (including phenoxy) is 1. The van der Waals surface area contributed by atoms with Crippen LogP contribution in [-0.2, 0) is 13.1 Å². The number of rotatable bonds is 7. The maximum absolute atomic E-state index is 12.6. The molecular formula is C21H24F2IN5O. The summed E-state index contributed by atoms with van der Waals surface area (Å²) >= 11 is 0. The Morgan fingerprint density at radius 1 is 1.10 bits per heavy atom. The number of aryl methyl sites for hydroxylation is 1. The van der Waals surface area contributed by atoms with Gasteiger partial charge in [-0.05, 0) is 30.7 Å². The molecule has 0 saturated carbocycles. The number of benzene rings is 2. The zero-order valence-corrected chi connectivity index (χ0v) is 19.0. The standard InChI is InChI=1S/C21H23F2N5O.HI/c1-15-8-9-19(29-20(22)23)17(12-15)14-26-21(24-2)25-13-16-6-3-4-7-18(16)28-11-5-10-27-28;/h3-12,20H,13-14H2,1-2H3,(H2,24,25,26);1H. The van der Waals surface area contributed by atoms with Gasteiger partial charge in [0.2, 0.25) is 0 Å². The van der Waals surface area contributed by atoms with Crippen LogP contribution in [0.4, 0.5) is 8.78 Å². The highest BCUT2D eigenvalue weighted by molar-refractivity contribution is 14.0. The van der Waals surface area contributed by atoms with E-state index in [0.29, 0.717) is 24.6 Å². The molecule has 3 aromatic rings. The molecule has 6 nitrogen and oxygen atoms in total. The summed E-state index contributed by atoms with van der Waals surface area (Å²) in [7, 11) is 1.65. The molecule has 0 spiro atoms. The predicted molar refractivity (Wildman–Crippen MR) is 124 cm³/mol. The van der Waals surface area contributed by atoms with Gasteiger partial charge in [0.15, 0.2) is 5.96 Å². The maximum atomic E-state index is 12.6. The van der Waals surface area contributed by atoms with Crippen LogP contribution >= 0.6 is 24.0 Å². The van der Waals surface area contributed by atoms with Gasteiger partial charge in [-0.15, -0.1) is 24.0 Å². The summed E-state index contributed by atoms with van der Waals surface area (Å²) in [5.74, 6) is 0.697. The summed E-state index contributed by atoms with van der Waals surface area (Å²) in [5.41, 5.74) is 3.59. The highest BCUT2D eigenvalue weighted by Crippen LogP contribution is 2.22. The van der Waals surface area contributed by atoms with Crippen molar-refractivity contribution in [3.8, 4) is 11.4 Å². The number of aromatic nitrogens is 2. The number of nitrogens with zero attached hydrogens (tertiary/aromatic N) is 3. The Kier molecular flexibility index (Phi) is 9.03. The topological polar surface area (TPSA) is 63.5 Å². The van der Waals surface area contributed by atoms with Crippen molar-refractivity contribution in [1.29, 1.82) is 0 Å². The van der Waals surface area contributed by atoms with Gasteiger partial charge in [-0.3, -0.25) is 4.99 Å². The number of halogens is 3. The minimum Gasteiger partial charge on any atom is -0.434 e. The second-order valence-corrected chi connectivity index (χ2v) is 6.35. The van der Waals surface area contributed by atoms with Crippen LogP contribution in [-0.4, -0.2) is 29.4 Å². The Morgan fingerprint density at radius 3 is 2.50 bits per heavy atom. The summed E-state index contributed by atoms with van der Waals surface area (Å²) in [6.07, 6.45) is 3.61. The van der Waals surface area contributed by atoms with Crippen LogP contribution in [0.25, 0.3) is 5.69 Å². The molecule has 0 saturated heterocycles. The molecule has 2 aromatic carbocycles. The molecule has 0 unspecified atom stereocenters. The predicted octanol–water partition coefficient (Wildman–Crippen LogP) is 4.27. The van der Waals surface area contributed by atoms with Crippen LogP contribution in [0.1, 0.15) is 16.7 Å². The average Bonchev–Trinajstić information content (AvgIpc) is 3.24. The molecule has 0 bridgehead atoms. The molecule has 0 aliphatic carbocycles. The summed E-state index contributed by atoms with van der Waals surface area (Å²) in [5, 5.41) is 10.7. The lowest BCUT2D eigenvalue weighted by Crippen LogP contribution is -2.36. The van der Waals surface area contributed by atoms with Crippen molar-refractivity contribution in [3.63, 3.8) is 0 Å². The molecule has 0 fully saturated rings. The van der Waals surface area contributed by atoms with Crippen molar-refractivity contribution in [3.05, 3.63) is 77.6 Å². The Hall–Kier alpha value is -2.69. The van der Waals surface area contributed by atoms with Gasteiger partial charge < -0.3 is 15.4 Å². The zero-order chi connectivity index (χ0) is 20.6. The van der Waals surface area contributed by atoms with E-state index in [9.17, 15) is 8.78 Å². The third-order valence-electron chi connectivity index (χ3n) is 4.29. The number of alkyl halides is 2. The third kappa shape index (κ3) is 6.41. The molecule has 0 amide bonds. The van der Waals surface area contributed by atoms with Crippen molar-refractivity contribution in [1.82, 2.24) is 20.4 Å². The van der Waals surface area contributed by atoms with Gasteiger partial charge in [0.25, 0.3) is 0 Å². The van der Waals surface area contributed by atoms with Crippen LogP contribution < -0.4 is 15.4 Å². The van der Waals surface area contributed by atoms with Gasteiger partial charge in [-0.2, -0.15) is 13.9 Å². The van der Waals surface area contributed by atoms with Gasteiger partial charge in [0, 0.05) is 38.1 Å². The second kappa shape index (κ2) is 11.5. The molecule has 0 aliphatic rings. The maximum Gasteiger partial charge on any atom is 0.387 e. The molecule has 1 heterocycles. The van der Waals surface area contributed by atoms with Crippen molar-refractivity contribution in [2.24, 2.45) is 4.99 Å². The first-order valence-corrected chi connectivity index (χ1v) is 9.13. The highest BCUT2D eigenvalue weighted by atomic mass is 127. The third-order valence-corrected chi connectivity index (χ3v) is 4.29. The van der Waals surface area contributed by atoms with Crippen LogP contribution in [0, 0.1) is 6.92 Å². The lowest BCUT2D eigenvalue weighted by Gasteiger charge is -2.16. The smallest absolute Gasteiger partial charge is 0.387 e. The van der Waals surface area contributed by atoms with E-state index < -0.39 is 6.61 Å². The van der Waals surface area contributed by atoms with Crippen LogP contribution in [0.3, 0.4) is 0 Å². The first-order valence-electron chi connectivity index (χ1n) is 9.13.